The Hall–Kier alpha value is -2.53. The quantitative estimate of drug-likeness (QED) is 0.799. The summed E-state index contributed by atoms with van der Waals surface area (Å²) in [6, 6.07) is 15.2. The van der Waals surface area contributed by atoms with E-state index in [0.717, 1.165) is 29.2 Å². The Kier molecular flexibility index (Phi) is 5.11. The van der Waals surface area contributed by atoms with Crippen LogP contribution < -0.4 is 14.8 Å². The molecule has 1 aliphatic rings. The van der Waals surface area contributed by atoms with Crippen molar-refractivity contribution in [3.8, 4) is 11.5 Å². The SMILES string of the molecule is O=C(COCCOc1ccccc1)Nc1ccc2c(c1)CCO2. The fourth-order valence-electron chi connectivity index (χ4n) is 2.36. The zero-order valence-electron chi connectivity index (χ0n) is 12.8. The van der Waals surface area contributed by atoms with Crippen LogP contribution in [0.1, 0.15) is 5.56 Å². The average molecular weight is 313 g/mol. The number of ether oxygens (including phenoxy) is 3. The van der Waals surface area contributed by atoms with Gasteiger partial charge in [0, 0.05) is 12.1 Å². The first-order valence-electron chi connectivity index (χ1n) is 7.62. The van der Waals surface area contributed by atoms with Gasteiger partial charge in [-0.2, -0.15) is 0 Å². The standard InChI is InChI=1S/C18H19NO4/c20-18(13-21-10-11-22-16-4-2-1-3-5-16)19-15-6-7-17-14(12-15)8-9-23-17/h1-7,12H,8-11,13H2,(H,19,20). The molecular formula is C18H19NO4. The summed E-state index contributed by atoms with van der Waals surface area (Å²) in [4.78, 5) is 11.8. The first-order valence-corrected chi connectivity index (χ1v) is 7.62. The topological polar surface area (TPSA) is 56.8 Å². The third-order valence-corrected chi connectivity index (χ3v) is 3.45. The molecule has 5 nitrogen and oxygen atoms in total. The van der Waals surface area contributed by atoms with Crippen molar-refractivity contribution in [2.24, 2.45) is 0 Å². The third kappa shape index (κ3) is 4.47. The Morgan fingerprint density at radius 1 is 1.13 bits per heavy atom. The Morgan fingerprint density at radius 3 is 2.87 bits per heavy atom. The molecule has 0 aromatic heterocycles. The van der Waals surface area contributed by atoms with Crippen LogP contribution in [0.25, 0.3) is 0 Å². The number of hydrogen-bond acceptors (Lipinski definition) is 4. The first kappa shape index (κ1) is 15.4. The van der Waals surface area contributed by atoms with Crippen LogP contribution in [0.4, 0.5) is 5.69 Å². The van der Waals surface area contributed by atoms with E-state index in [1.165, 1.54) is 0 Å². The van der Waals surface area contributed by atoms with Gasteiger partial charge in [0.25, 0.3) is 0 Å². The fourth-order valence-corrected chi connectivity index (χ4v) is 2.36. The maximum absolute atomic E-state index is 11.8. The van der Waals surface area contributed by atoms with Crippen LogP contribution in [0.15, 0.2) is 48.5 Å². The van der Waals surface area contributed by atoms with Gasteiger partial charge >= 0.3 is 0 Å². The van der Waals surface area contributed by atoms with Gasteiger partial charge in [-0.15, -0.1) is 0 Å². The van der Waals surface area contributed by atoms with Crippen molar-refractivity contribution in [2.75, 3.05) is 31.7 Å². The van der Waals surface area contributed by atoms with E-state index in [1.807, 2.05) is 48.5 Å². The zero-order chi connectivity index (χ0) is 15.9. The number of fused-ring (bicyclic) bond motifs is 1. The smallest absolute Gasteiger partial charge is 0.250 e. The summed E-state index contributed by atoms with van der Waals surface area (Å²) in [5.41, 5.74) is 1.89. The van der Waals surface area contributed by atoms with Crippen molar-refractivity contribution in [2.45, 2.75) is 6.42 Å². The predicted octanol–water partition coefficient (Wildman–Crippen LogP) is 2.66. The van der Waals surface area contributed by atoms with E-state index in [0.29, 0.717) is 19.8 Å². The van der Waals surface area contributed by atoms with Gasteiger partial charge in [-0.05, 0) is 35.9 Å². The van der Waals surface area contributed by atoms with Crippen LogP contribution in [0, 0.1) is 0 Å². The Bertz CT molecular complexity index is 657. The molecule has 0 saturated heterocycles. The molecule has 0 unspecified atom stereocenters. The van der Waals surface area contributed by atoms with E-state index in [4.69, 9.17) is 14.2 Å². The second-order valence-electron chi connectivity index (χ2n) is 5.18. The van der Waals surface area contributed by atoms with Gasteiger partial charge in [0.2, 0.25) is 5.91 Å². The number of rotatable bonds is 7. The van der Waals surface area contributed by atoms with Crippen LogP contribution in [-0.2, 0) is 16.0 Å². The number of hydrogen-bond donors (Lipinski definition) is 1. The summed E-state index contributed by atoms with van der Waals surface area (Å²) >= 11 is 0. The van der Waals surface area contributed by atoms with Crippen molar-refractivity contribution in [1.82, 2.24) is 0 Å². The molecule has 2 aromatic carbocycles. The molecule has 3 rings (SSSR count). The summed E-state index contributed by atoms with van der Waals surface area (Å²) in [5, 5.41) is 2.82. The Morgan fingerprint density at radius 2 is 2.00 bits per heavy atom. The highest BCUT2D eigenvalue weighted by atomic mass is 16.5. The molecule has 0 spiro atoms. The molecule has 0 aliphatic carbocycles. The molecule has 2 aromatic rings. The molecule has 23 heavy (non-hydrogen) atoms. The lowest BCUT2D eigenvalue weighted by atomic mass is 10.1. The van der Waals surface area contributed by atoms with E-state index >= 15 is 0 Å². The predicted molar refractivity (Wildman–Crippen MR) is 87.0 cm³/mol. The van der Waals surface area contributed by atoms with Gasteiger partial charge < -0.3 is 19.5 Å². The van der Waals surface area contributed by atoms with E-state index < -0.39 is 0 Å². The molecule has 120 valence electrons. The molecule has 0 bridgehead atoms. The second-order valence-corrected chi connectivity index (χ2v) is 5.18. The number of carbonyl (C=O) groups is 1. The summed E-state index contributed by atoms with van der Waals surface area (Å²) in [6.45, 7) is 1.48. The Labute approximate surface area is 135 Å². The van der Waals surface area contributed by atoms with E-state index in [1.54, 1.807) is 0 Å². The minimum absolute atomic E-state index is 0.00569. The number of nitrogens with one attached hydrogen (secondary N) is 1. The maximum Gasteiger partial charge on any atom is 0.250 e. The van der Waals surface area contributed by atoms with Crippen molar-refractivity contribution in [3.05, 3.63) is 54.1 Å². The van der Waals surface area contributed by atoms with Crippen molar-refractivity contribution < 1.29 is 19.0 Å². The molecule has 5 heteroatoms. The largest absolute Gasteiger partial charge is 0.493 e. The lowest BCUT2D eigenvalue weighted by Crippen LogP contribution is -2.20. The molecule has 0 saturated carbocycles. The molecule has 1 aliphatic heterocycles. The highest BCUT2D eigenvalue weighted by Crippen LogP contribution is 2.27. The van der Waals surface area contributed by atoms with Crippen molar-refractivity contribution in [1.29, 1.82) is 0 Å². The van der Waals surface area contributed by atoms with Gasteiger partial charge in [-0.3, -0.25) is 4.79 Å². The molecule has 0 fully saturated rings. The number of anilines is 1. The van der Waals surface area contributed by atoms with Crippen LogP contribution >= 0.6 is 0 Å². The van der Waals surface area contributed by atoms with E-state index in [9.17, 15) is 4.79 Å². The number of amides is 1. The number of carbonyl (C=O) groups excluding carboxylic acids is 1. The minimum Gasteiger partial charge on any atom is -0.493 e. The van der Waals surface area contributed by atoms with Crippen LogP contribution in [-0.4, -0.2) is 32.3 Å². The monoisotopic (exact) mass is 313 g/mol. The lowest BCUT2D eigenvalue weighted by molar-refractivity contribution is -0.120. The van der Waals surface area contributed by atoms with E-state index in [2.05, 4.69) is 5.32 Å². The van der Waals surface area contributed by atoms with Gasteiger partial charge in [0.1, 0.15) is 24.7 Å². The molecule has 0 radical (unpaired) electrons. The summed E-state index contributed by atoms with van der Waals surface area (Å²) < 4.78 is 16.2. The highest BCUT2D eigenvalue weighted by molar-refractivity contribution is 5.91. The normalized spacial score (nSPS) is 12.3. The van der Waals surface area contributed by atoms with Gasteiger partial charge in [0.05, 0.1) is 13.2 Å². The van der Waals surface area contributed by atoms with Crippen LogP contribution in [0.3, 0.4) is 0 Å². The zero-order valence-corrected chi connectivity index (χ0v) is 12.8. The van der Waals surface area contributed by atoms with Gasteiger partial charge in [0.15, 0.2) is 0 Å². The lowest BCUT2D eigenvalue weighted by Gasteiger charge is -2.08. The van der Waals surface area contributed by atoms with Gasteiger partial charge in [-0.1, -0.05) is 18.2 Å². The van der Waals surface area contributed by atoms with Crippen molar-refractivity contribution >= 4 is 11.6 Å². The average Bonchev–Trinajstić information content (AvgIpc) is 3.03. The maximum atomic E-state index is 11.8. The van der Waals surface area contributed by atoms with Crippen molar-refractivity contribution in [3.63, 3.8) is 0 Å². The van der Waals surface area contributed by atoms with E-state index in [-0.39, 0.29) is 12.5 Å². The summed E-state index contributed by atoms with van der Waals surface area (Å²) in [6.07, 6.45) is 0.881. The number of benzene rings is 2. The van der Waals surface area contributed by atoms with Gasteiger partial charge in [-0.25, -0.2) is 0 Å². The molecular weight excluding hydrogens is 294 g/mol. The minimum atomic E-state index is -0.177. The van der Waals surface area contributed by atoms with Crippen LogP contribution in [0.5, 0.6) is 11.5 Å². The highest BCUT2D eigenvalue weighted by Gasteiger charge is 2.12. The molecule has 0 atom stereocenters. The first-order chi connectivity index (χ1) is 11.3. The summed E-state index contributed by atoms with van der Waals surface area (Å²) in [5.74, 6) is 1.52. The Balaban J connectivity index is 1.35. The molecule has 1 heterocycles. The summed E-state index contributed by atoms with van der Waals surface area (Å²) in [7, 11) is 0. The molecule has 1 N–H and O–H groups in total. The second kappa shape index (κ2) is 7.65. The number of para-hydroxylation sites is 1. The third-order valence-electron chi connectivity index (χ3n) is 3.45. The van der Waals surface area contributed by atoms with Crippen LogP contribution in [0.2, 0.25) is 0 Å². The molecule has 1 amide bonds. The fraction of sp³-hybridized carbons (Fsp3) is 0.278.